The molecule has 2 nitrogen and oxygen atoms in total. The predicted molar refractivity (Wildman–Crippen MR) is 50.4 cm³/mol. The van der Waals surface area contributed by atoms with Crippen molar-refractivity contribution in [2.75, 3.05) is 13.6 Å². The Bertz CT molecular complexity index is 304. The monoisotopic (exact) mass is 201 g/mol. The fraction of sp³-hybridized carbons (Fsp3) is 0.400. The highest BCUT2D eigenvalue weighted by molar-refractivity contribution is 5.24. The molecule has 0 saturated heterocycles. The quantitative estimate of drug-likeness (QED) is 0.804. The molecule has 0 heterocycles. The van der Waals surface area contributed by atoms with Crippen LogP contribution in [0.25, 0.3) is 0 Å². The highest BCUT2D eigenvalue weighted by Gasteiger charge is 2.08. The van der Waals surface area contributed by atoms with Crippen molar-refractivity contribution in [3.8, 4) is 5.75 Å². The third-order valence-electron chi connectivity index (χ3n) is 1.71. The first-order valence-corrected chi connectivity index (χ1v) is 4.39. The second-order valence-corrected chi connectivity index (χ2v) is 3.06. The third kappa shape index (κ3) is 2.96. The summed E-state index contributed by atoms with van der Waals surface area (Å²) in [6.07, 6.45) is -0.153. The first-order valence-electron chi connectivity index (χ1n) is 4.39. The summed E-state index contributed by atoms with van der Waals surface area (Å²) >= 11 is 0. The molecular formula is C10H13F2NO. The first kappa shape index (κ1) is 10.9. The molecule has 1 aromatic carbocycles. The minimum Gasteiger partial charge on any atom is -0.486 e. The summed E-state index contributed by atoms with van der Waals surface area (Å²) in [5.74, 6) is -1.20. The Hall–Kier alpha value is -1.16. The van der Waals surface area contributed by atoms with Crippen LogP contribution in [0, 0.1) is 11.6 Å². The van der Waals surface area contributed by atoms with E-state index < -0.39 is 11.6 Å². The third-order valence-corrected chi connectivity index (χ3v) is 1.71. The molecule has 0 aliphatic carbocycles. The summed E-state index contributed by atoms with van der Waals surface area (Å²) < 4.78 is 30.8. The Labute approximate surface area is 81.9 Å². The molecule has 0 radical (unpaired) electrons. The zero-order valence-electron chi connectivity index (χ0n) is 8.18. The van der Waals surface area contributed by atoms with Crippen LogP contribution in [0.3, 0.4) is 0 Å². The van der Waals surface area contributed by atoms with Crippen molar-refractivity contribution in [3.05, 3.63) is 29.8 Å². The van der Waals surface area contributed by atoms with Crippen LogP contribution >= 0.6 is 0 Å². The number of likely N-dealkylation sites (N-methyl/N-ethyl adjacent to an activating group) is 1. The molecule has 0 aliphatic heterocycles. The van der Waals surface area contributed by atoms with Gasteiger partial charge in [-0.3, -0.25) is 0 Å². The van der Waals surface area contributed by atoms with Crippen molar-refractivity contribution in [2.45, 2.75) is 13.0 Å². The number of ether oxygens (including phenoxy) is 1. The lowest BCUT2D eigenvalue weighted by Crippen LogP contribution is -2.26. The molecular weight excluding hydrogens is 188 g/mol. The fourth-order valence-corrected chi connectivity index (χ4v) is 1.12. The molecule has 4 heteroatoms. The van der Waals surface area contributed by atoms with Crippen molar-refractivity contribution >= 4 is 0 Å². The van der Waals surface area contributed by atoms with Gasteiger partial charge < -0.3 is 10.1 Å². The maximum Gasteiger partial charge on any atom is 0.167 e. The first-order chi connectivity index (χ1) is 6.63. The second-order valence-electron chi connectivity index (χ2n) is 3.06. The normalized spacial score (nSPS) is 12.6. The van der Waals surface area contributed by atoms with Gasteiger partial charge in [-0.25, -0.2) is 8.78 Å². The van der Waals surface area contributed by atoms with Crippen molar-refractivity contribution in [2.24, 2.45) is 0 Å². The van der Waals surface area contributed by atoms with Crippen LogP contribution in [0.4, 0.5) is 8.78 Å². The Morgan fingerprint density at radius 2 is 2.14 bits per heavy atom. The number of rotatable bonds is 4. The van der Waals surface area contributed by atoms with Crippen molar-refractivity contribution in [1.29, 1.82) is 0 Å². The molecule has 0 aromatic heterocycles. The number of nitrogens with one attached hydrogen (secondary N) is 1. The molecule has 0 spiro atoms. The SMILES string of the molecule is CNCC(C)Oc1ccc(F)cc1F. The minimum absolute atomic E-state index is 0.0779. The number of hydrogen-bond donors (Lipinski definition) is 1. The van der Waals surface area contributed by atoms with Crippen LogP contribution < -0.4 is 10.1 Å². The van der Waals surface area contributed by atoms with Gasteiger partial charge >= 0.3 is 0 Å². The van der Waals surface area contributed by atoms with E-state index in [9.17, 15) is 8.78 Å². The minimum atomic E-state index is -0.673. The zero-order valence-corrected chi connectivity index (χ0v) is 8.18. The number of halogens is 2. The van der Waals surface area contributed by atoms with Gasteiger partial charge in [-0.2, -0.15) is 0 Å². The van der Waals surface area contributed by atoms with E-state index in [0.29, 0.717) is 6.54 Å². The van der Waals surface area contributed by atoms with E-state index in [2.05, 4.69) is 5.32 Å². The van der Waals surface area contributed by atoms with E-state index in [4.69, 9.17) is 4.74 Å². The summed E-state index contributed by atoms with van der Waals surface area (Å²) in [5.41, 5.74) is 0. The topological polar surface area (TPSA) is 21.3 Å². The van der Waals surface area contributed by atoms with Gasteiger partial charge in [0, 0.05) is 12.6 Å². The number of hydrogen-bond acceptors (Lipinski definition) is 2. The lowest BCUT2D eigenvalue weighted by atomic mass is 10.3. The Kier molecular flexibility index (Phi) is 3.83. The number of benzene rings is 1. The highest BCUT2D eigenvalue weighted by atomic mass is 19.1. The van der Waals surface area contributed by atoms with E-state index in [1.54, 1.807) is 14.0 Å². The smallest absolute Gasteiger partial charge is 0.167 e. The van der Waals surface area contributed by atoms with Gasteiger partial charge in [0.1, 0.15) is 11.9 Å². The van der Waals surface area contributed by atoms with Gasteiger partial charge in [-0.05, 0) is 26.1 Å². The van der Waals surface area contributed by atoms with Crippen molar-refractivity contribution < 1.29 is 13.5 Å². The molecule has 1 atom stereocenters. The summed E-state index contributed by atoms with van der Waals surface area (Å²) in [5, 5.41) is 2.90. The predicted octanol–water partition coefficient (Wildman–Crippen LogP) is 1.95. The second kappa shape index (κ2) is 4.91. The van der Waals surface area contributed by atoms with E-state index in [0.717, 1.165) is 6.07 Å². The van der Waals surface area contributed by atoms with Crippen molar-refractivity contribution in [1.82, 2.24) is 5.32 Å². The van der Waals surface area contributed by atoms with Gasteiger partial charge in [0.05, 0.1) is 0 Å². The fourth-order valence-electron chi connectivity index (χ4n) is 1.12. The molecule has 0 aliphatic rings. The molecule has 0 saturated carbocycles. The maximum atomic E-state index is 13.1. The van der Waals surface area contributed by atoms with Gasteiger partial charge in [-0.1, -0.05) is 0 Å². The summed E-state index contributed by atoms with van der Waals surface area (Å²) in [4.78, 5) is 0. The molecule has 78 valence electrons. The van der Waals surface area contributed by atoms with Crippen LogP contribution in [0.2, 0.25) is 0 Å². The van der Waals surface area contributed by atoms with Crippen LogP contribution in [-0.2, 0) is 0 Å². The van der Waals surface area contributed by atoms with Gasteiger partial charge in [0.25, 0.3) is 0 Å². The van der Waals surface area contributed by atoms with Crippen LogP contribution in [0.5, 0.6) is 5.75 Å². The van der Waals surface area contributed by atoms with Crippen molar-refractivity contribution in [3.63, 3.8) is 0 Å². The van der Waals surface area contributed by atoms with Crippen LogP contribution in [-0.4, -0.2) is 19.7 Å². The van der Waals surface area contributed by atoms with E-state index in [1.165, 1.54) is 12.1 Å². The summed E-state index contributed by atoms with van der Waals surface area (Å²) in [6, 6.07) is 3.27. The van der Waals surface area contributed by atoms with E-state index in [1.807, 2.05) is 0 Å². The Balaban J connectivity index is 2.67. The summed E-state index contributed by atoms with van der Waals surface area (Å²) in [6.45, 7) is 2.41. The van der Waals surface area contributed by atoms with E-state index >= 15 is 0 Å². The molecule has 0 amide bonds. The lowest BCUT2D eigenvalue weighted by Gasteiger charge is -2.14. The average Bonchev–Trinajstić information content (AvgIpc) is 2.10. The van der Waals surface area contributed by atoms with Crippen LogP contribution in [0.15, 0.2) is 18.2 Å². The molecule has 0 fully saturated rings. The zero-order chi connectivity index (χ0) is 10.6. The van der Waals surface area contributed by atoms with Gasteiger partial charge in [0.2, 0.25) is 0 Å². The molecule has 1 rings (SSSR count). The molecule has 1 unspecified atom stereocenters. The molecule has 1 aromatic rings. The highest BCUT2D eigenvalue weighted by Crippen LogP contribution is 2.18. The summed E-state index contributed by atoms with van der Waals surface area (Å²) in [7, 11) is 1.78. The van der Waals surface area contributed by atoms with E-state index in [-0.39, 0.29) is 11.9 Å². The average molecular weight is 201 g/mol. The maximum absolute atomic E-state index is 13.1. The Morgan fingerprint density at radius 3 is 2.71 bits per heavy atom. The lowest BCUT2D eigenvalue weighted by molar-refractivity contribution is 0.210. The molecule has 14 heavy (non-hydrogen) atoms. The van der Waals surface area contributed by atoms with Gasteiger partial charge in [0.15, 0.2) is 11.6 Å². The molecule has 0 bridgehead atoms. The largest absolute Gasteiger partial charge is 0.486 e. The Morgan fingerprint density at radius 1 is 1.43 bits per heavy atom. The standard InChI is InChI=1S/C10H13F2NO/c1-7(6-13-2)14-10-4-3-8(11)5-9(10)12/h3-5,7,13H,6H2,1-2H3. The van der Waals surface area contributed by atoms with Crippen LogP contribution in [0.1, 0.15) is 6.92 Å². The molecule has 1 N–H and O–H groups in total. The van der Waals surface area contributed by atoms with Gasteiger partial charge in [-0.15, -0.1) is 0 Å².